The van der Waals surface area contributed by atoms with Crippen LogP contribution >= 0.6 is 15.9 Å². The van der Waals surface area contributed by atoms with Crippen LogP contribution in [0.15, 0.2) is 89.4 Å². The molecule has 0 saturated carbocycles. The highest BCUT2D eigenvalue weighted by Crippen LogP contribution is 2.18. The molecule has 0 saturated heterocycles. The van der Waals surface area contributed by atoms with Crippen LogP contribution in [0.3, 0.4) is 0 Å². The minimum atomic E-state index is -0.593. The Bertz CT molecular complexity index is 1010. The van der Waals surface area contributed by atoms with E-state index >= 15 is 0 Å². The van der Waals surface area contributed by atoms with Gasteiger partial charge in [0.25, 0.3) is 0 Å². The highest BCUT2D eigenvalue weighted by Gasteiger charge is 2.30. The summed E-state index contributed by atoms with van der Waals surface area (Å²) >= 11 is 3.47. The fourth-order valence-electron chi connectivity index (χ4n) is 3.72. The second-order valence-corrected chi connectivity index (χ2v) is 9.08. The topological polar surface area (TPSA) is 49.4 Å². The average Bonchev–Trinajstić information content (AvgIpc) is 2.84. The fraction of sp³-hybridized carbons (Fsp3) is 0.286. The van der Waals surface area contributed by atoms with Crippen LogP contribution in [0.5, 0.6) is 0 Å². The van der Waals surface area contributed by atoms with Crippen molar-refractivity contribution in [3.63, 3.8) is 0 Å². The minimum Gasteiger partial charge on any atom is -0.354 e. The van der Waals surface area contributed by atoms with Gasteiger partial charge in [0.15, 0.2) is 0 Å². The van der Waals surface area contributed by atoms with Crippen LogP contribution in [0, 0.1) is 0 Å². The van der Waals surface area contributed by atoms with E-state index in [-0.39, 0.29) is 18.2 Å². The van der Waals surface area contributed by atoms with E-state index in [2.05, 4.69) is 28.2 Å². The highest BCUT2D eigenvalue weighted by atomic mass is 79.9. The van der Waals surface area contributed by atoms with Gasteiger partial charge < -0.3 is 10.2 Å². The van der Waals surface area contributed by atoms with Gasteiger partial charge in [-0.1, -0.05) is 102 Å². The second kappa shape index (κ2) is 12.9. The number of carbonyl (C=O) groups is 2. The Morgan fingerprint density at radius 2 is 1.45 bits per heavy atom. The third kappa shape index (κ3) is 7.86. The largest absolute Gasteiger partial charge is 0.354 e. The summed E-state index contributed by atoms with van der Waals surface area (Å²) < 4.78 is 0.978. The lowest BCUT2D eigenvalue weighted by atomic mass is 10.0. The van der Waals surface area contributed by atoms with E-state index in [1.165, 1.54) is 0 Å². The Labute approximate surface area is 205 Å². The summed E-state index contributed by atoms with van der Waals surface area (Å²) in [5.74, 6) is -0.165. The maximum atomic E-state index is 13.6. The van der Waals surface area contributed by atoms with Crippen molar-refractivity contribution in [2.75, 3.05) is 6.54 Å². The van der Waals surface area contributed by atoms with Gasteiger partial charge in [0.2, 0.25) is 11.8 Å². The van der Waals surface area contributed by atoms with Crippen LogP contribution in [0.2, 0.25) is 0 Å². The van der Waals surface area contributed by atoms with Gasteiger partial charge in [-0.3, -0.25) is 9.59 Å². The van der Waals surface area contributed by atoms with Crippen molar-refractivity contribution in [1.29, 1.82) is 0 Å². The maximum absolute atomic E-state index is 13.6. The molecule has 172 valence electrons. The number of carbonyl (C=O) groups excluding carboxylic acids is 2. The minimum absolute atomic E-state index is 0.0595. The van der Waals surface area contributed by atoms with Crippen LogP contribution in [0.25, 0.3) is 0 Å². The molecule has 4 nitrogen and oxygen atoms in total. The summed E-state index contributed by atoms with van der Waals surface area (Å²) in [4.78, 5) is 28.7. The zero-order valence-corrected chi connectivity index (χ0v) is 20.6. The van der Waals surface area contributed by atoms with E-state index in [4.69, 9.17) is 0 Å². The second-order valence-electron chi connectivity index (χ2n) is 8.16. The zero-order chi connectivity index (χ0) is 23.5. The first-order valence-electron chi connectivity index (χ1n) is 11.5. The lowest BCUT2D eigenvalue weighted by Gasteiger charge is -2.31. The first-order chi connectivity index (χ1) is 16.1. The number of halogens is 1. The van der Waals surface area contributed by atoms with Crippen LogP contribution in [-0.4, -0.2) is 29.3 Å². The molecule has 1 atom stereocenters. The molecule has 0 unspecified atom stereocenters. The van der Waals surface area contributed by atoms with Crippen molar-refractivity contribution in [2.24, 2.45) is 0 Å². The molecule has 0 fully saturated rings. The summed E-state index contributed by atoms with van der Waals surface area (Å²) in [7, 11) is 0. The van der Waals surface area contributed by atoms with Crippen molar-refractivity contribution >= 4 is 27.7 Å². The van der Waals surface area contributed by atoms with Crippen LogP contribution < -0.4 is 5.32 Å². The molecule has 1 N–H and O–H groups in total. The molecule has 0 aliphatic heterocycles. The number of hydrogen-bond acceptors (Lipinski definition) is 2. The van der Waals surface area contributed by atoms with Gasteiger partial charge in [0, 0.05) is 24.0 Å². The summed E-state index contributed by atoms with van der Waals surface area (Å²) in [6.45, 7) is 3.08. The number of hydrogen-bond donors (Lipinski definition) is 1. The number of amides is 2. The zero-order valence-electron chi connectivity index (χ0n) is 19.0. The average molecular weight is 507 g/mol. The molecule has 2 amide bonds. The lowest BCUT2D eigenvalue weighted by Crippen LogP contribution is -2.51. The Kier molecular flexibility index (Phi) is 9.70. The molecule has 3 aromatic rings. The Morgan fingerprint density at radius 1 is 0.848 bits per heavy atom. The molecule has 0 spiro atoms. The van der Waals surface area contributed by atoms with Crippen LogP contribution in [0.4, 0.5) is 0 Å². The predicted octanol–water partition coefficient (Wildman–Crippen LogP) is 5.55. The number of nitrogens with zero attached hydrogens (tertiary/aromatic N) is 1. The molecule has 33 heavy (non-hydrogen) atoms. The van der Waals surface area contributed by atoms with Gasteiger partial charge >= 0.3 is 0 Å². The van der Waals surface area contributed by atoms with E-state index in [1.54, 1.807) is 4.90 Å². The molecule has 0 heterocycles. The molecule has 0 radical (unpaired) electrons. The molecule has 0 bridgehead atoms. The fourth-order valence-corrected chi connectivity index (χ4v) is 3.98. The van der Waals surface area contributed by atoms with Gasteiger partial charge in [-0.25, -0.2) is 0 Å². The Balaban J connectivity index is 1.91. The summed E-state index contributed by atoms with van der Waals surface area (Å²) in [5, 5.41) is 3.06. The van der Waals surface area contributed by atoms with E-state index in [1.807, 2.05) is 84.9 Å². The van der Waals surface area contributed by atoms with Crippen molar-refractivity contribution in [1.82, 2.24) is 10.2 Å². The number of unbranched alkanes of at least 4 members (excludes halogenated alkanes) is 1. The standard InChI is InChI=1S/C28H31BrN2O2/c1-2-3-18-30-28(33)26(19-22-10-6-4-7-11-22)31(21-24-14-16-25(29)17-15-24)27(32)20-23-12-8-5-9-13-23/h4-17,26H,2-3,18-21H2,1H3,(H,30,33)/t26-/m1/s1. The third-order valence-electron chi connectivity index (χ3n) is 5.57. The first kappa shape index (κ1) is 24.7. The van der Waals surface area contributed by atoms with Gasteiger partial charge in [0.05, 0.1) is 6.42 Å². The van der Waals surface area contributed by atoms with Crippen molar-refractivity contribution in [3.05, 3.63) is 106 Å². The summed E-state index contributed by atoms with van der Waals surface area (Å²) in [5.41, 5.74) is 2.95. The summed E-state index contributed by atoms with van der Waals surface area (Å²) in [6, 6.07) is 26.9. The monoisotopic (exact) mass is 506 g/mol. The van der Waals surface area contributed by atoms with Crippen molar-refractivity contribution in [3.8, 4) is 0 Å². The molecular formula is C28H31BrN2O2. The number of nitrogens with one attached hydrogen (secondary N) is 1. The first-order valence-corrected chi connectivity index (χ1v) is 12.3. The third-order valence-corrected chi connectivity index (χ3v) is 6.09. The van der Waals surface area contributed by atoms with Gasteiger partial charge in [0.1, 0.15) is 6.04 Å². The SMILES string of the molecule is CCCCNC(=O)[C@@H](Cc1ccccc1)N(Cc1ccc(Br)cc1)C(=O)Cc1ccccc1. The molecule has 0 aliphatic rings. The van der Waals surface area contributed by atoms with Gasteiger partial charge in [-0.2, -0.15) is 0 Å². The van der Waals surface area contributed by atoms with Crippen molar-refractivity contribution < 1.29 is 9.59 Å². The number of benzene rings is 3. The molecule has 0 aromatic heterocycles. The van der Waals surface area contributed by atoms with E-state index < -0.39 is 6.04 Å². The molecular weight excluding hydrogens is 476 g/mol. The Morgan fingerprint density at radius 3 is 2.06 bits per heavy atom. The Hall–Kier alpha value is -2.92. The van der Waals surface area contributed by atoms with Gasteiger partial charge in [-0.15, -0.1) is 0 Å². The quantitative estimate of drug-likeness (QED) is 0.346. The number of rotatable bonds is 11. The van der Waals surface area contributed by atoms with Crippen molar-refractivity contribution in [2.45, 2.75) is 45.2 Å². The summed E-state index contributed by atoms with van der Waals surface area (Å²) in [6.07, 6.45) is 2.63. The smallest absolute Gasteiger partial charge is 0.243 e. The normalized spacial score (nSPS) is 11.6. The molecule has 0 aliphatic carbocycles. The van der Waals surface area contributed by atoms with Crippen LogP contribution in [-0.2, 0) is 29.0 Å². The molecule has 3 rings (SSSR count). The van der Waals surface area contributed by atoms with E-state index in [0.29, 0.717) is 19.5 Å². The predicted molar refractivity (Wildman–Crippen MR) is 137 cm³/mol. The van der Waals surface area contributed by atoms with Crippen LogP contribution in [0.1, 0.15) is 36.5 Å². The molecule has 5 heteroatoms. The molecule has 3 aromatic carbocycles. The van der Waals surface area contributed by atoms with Gasteiger partial charge in [-0.05, 0) is 35.2 Å². The lowest BCUT2D eigenvalue weighted by molar-refractivity contribution is -0.140. The van der Waals surface area contributed by atoms with E-state index in [9.17, 15) is 9.59 Å². The maximum Gasteiger partial charge on any atom is 0.243 e. The van der Waals surface area contributed by atoms with E-state index in [0.717, 1.165) is 34.0 Å². The highest BCUT2D eigenvalue weighted by molar-refractivity contribution is 9.10.